The molecule has 0 bridgehead atoms. The van der Waals surface area contributed by atoms with Crippen LogP contribution in [0.1, 0.15) is 36.8 Å². The Morgan fingerprint density at radius 1 is 1.44 bits per heavy atom. The smallest absolute Gasteiger partial charge is 0.356 e. The molecular formula is C11H13N3O2. The largest absolute Gasteiger partial charge is 0.476 e. The third-order valence-corrected chi connectivity index (χ3v) is 2.35. The van der Waals surface area contributed by atoms with Crippen molar-refractivity contribution in [2.24, 2.45) is 0 Å². The van der Waals surface area contributed by atoms with Gasteiger partial charge >= 0.3 is 5.97 Å². The lowest BCUT2D eigenvalue weighted by Crippen LogP contribution is -2.16. The summed E-state index contributed by atoms with van der Waals surface area (Å²) in [6.07, 6.45) is 3.34. The zero-order valence-corrected chi connectivity index (χ0v) is 9.43. The number of carbonyl (C=O) groups is 1. The third kappa shape index (κ3) is 1.54. The number of carboxylic acids is 1. The molecule has 0 saturated heterocycles. The van der Waals surface area contributed by atoms with Crippen molar-refractivity contribution in [2.45, 2.75) is 26.2 Å². The topological polar surface area (TPSA) is 67.5 Å². The second kappa shape index (κ2) is 3.30. The highest BCUT2D eigenvalue weighted by atomic mass is 16.4. The van der Waals surface area contributed by atoms with Crippen molar-refractivity contribution in [3.63, 3.8) is 0 Å². The number of aromatic nitrogens is 3. The zero-order valence-electron chi connectivity index (χ0n) is 9.43. The highest BCUT2D eigenvalue weighted by molar-refractivity contribution is 5.90. The second-order valence-electron chi connectivity index (χ2n) is 4.67. The van der Waals surface area contributed by atoms with E-state index in [1.54, 1.807) is 18.5 Å². The fourth-order valence-corrected chi connectivity index (χ4v) is 1.73. The van der Waals surface area contributed by atoms with Gasteiger partial charge in [0.25, 0.3) is 0 Å². The molecule has 5 nitrogen and oxygen atoms in total. The molecule has 1 N–H and O–H groups in total. The van der Waals surface area contributed by atoms with Gasteiger partial charge in [-0.3, -0.25) is 0 Å². The van der Waals surface area contributed by atoms with Crippen LogP contribution in [0.3, 0.4) is 0 Å². The van der Waals surface area contributed by atoms with Gasteiger partial charge in [0, 0.05) is 18.0 Å². The molecule has 2 heterocycles. The minimum Gasteiger partial charge on any atom is -0.476 e. The quantitative estimate of drug-likeness (QED) is 0.793. The first-order valence-corrected chi connectivity index (χ1v) is 4.98. The summed E-state index contributed by atoms with van der Waals surface area (Å²) >= 11 is 0. The van der Waals surface area contributed by atoms with Crippen molar-refractivity contribution in [3.8, 4) is 0 Å². The van der Waals surface area contributed by atoms with Crippen LogP contribution < -0.4 is 0 Å². The van der Waals surface area contributed by atoms with Gasteiger partial charge in [0.15, 0.2) is 11.3 Å². The van der Waals surface area contributed by atoms with Gasteiger partial charge in [-0.2, -0.15) is 5.10 Å². The van der Waals surface area contributed by atoms with E-state index in [2.05, 4.69) is 10.1 Å². The van der Waals surface area contributed by atoms with E-state index in [-0.39, 0.29) is 11.1 Å². The van der Waals surface area contributed by atoms with E-state index in [1.807, 2.05) is 20.8 Å². The molecule has 0 unspecified atom stereocenters. The molecule has 2 rings (SSSR count). The normalized spacial score (nSPS) is 11.9. The predicted octanol–water partition coefficient (Wildman–Crippen LogP) is 1.72. The van der Waals surface area contributed by atoms with E-state index >= 15 is 0 Å². The summed E-state index contributed by atoms with van der Waals surface area (Å²) in [5.74, 6) is -1.02. The van der Waals surface area contributed by atoms with E-state index in [4.69, 9.17) is 5.11 Å². The Morgan fingerprint density at radius 2 is 2.12 bits per heavy atom. The summed E-state index contributed by atoms with van der Waals surface area (Å²) in [5, 5.41) is 13.2. The van der Waals surface area contributed by atoms with Gasteiger partial charge < -0.3 is 5.11 Å². The van der Waals surface area contributed by atoms with Crippen molar-refractivity contribution in [3.05, 3.63) is 29.7 Å². The van der Waals surface area contributed by atoms with E-state index in [9.17, 15) is 4.79 Å². The molecule has 0 fully saturated rings. The Morgan fingerprint density at radius 3 is 2.69 bits per heavy atom. The van der Waals surface area contributed by atoms with E-state index in [0.717, 1.165) is 0 Å². The maximum atomic E-state index is 11.1. The summed E-state index contributed by atoms with van der Waals surface area (Å²) in [6, 6.07) is 1.72. The van der Waals surface area contributed by atoms with Crippen LogP contribution >= 0.6 is 0 Å². The molecule has 84 valence electrons. The first-order chi connectivity index (χ1) is 7.41. The van der Waals surface area contributed by atoms with Crippen LogP contribution in [0.4, 0.5) is 0 Å². The summed E-state index contributed by atoms with van der Waals surface area (Å²) < 4.78 is 1.50. The van der Waals surface area contributed by atoms with Crippen molar-refractivity contribution in [1.82, 2.24) is 14.6 Å². The molecule has 0 aliphatic rings. The molecule has 16 heavy (non-hydrogen) atoms. The van der Waals surface area contributed by atoms with Crippen LogP contribution in [0.15, 0.2) is 18.5 Å². The Kier molecular flexibility index (Phi) is 2.18. The summed E-state index contributed by atoms with van der Waals surface area (Å²) in [6.45, 7) is 5.85. The zero-order chi connectivity index (χ0) is 11.9. The minimum atomic E-state index is -1.02. The van der Waals surface area contributed by atoms with Crippen LogP contribution in [0.5, 0.6) is 0 Å². The second-order valence-corrected chi connectivity index (χ2v) is 4.67. The summed E-state index contributed by atoms with van der Waals surface area (Å²) in [4.78, 5) is 15.3. The molecule has 0 aliphatic heterocycles. The first kappa shape index (κ1) is 10.6. The molecule has 0 spiro atoms. The van der Waals surface area contributed by atoms with Crippen molar-refractivity contribution < 1.29 is 9.90 Å². The molecule has 0 atom stereocenters. The van der Waals surface area contributed by atoms with E-state index in [0.29, 0.717) is 11.2 Å². The molecule has 0 radical (unpaired) electrons. The van der Waals surface area contributed by atoms with E-state index < -0.39 is 5.97 Å². The average molecular weight is 219 g/mol. The SMILES string of the molecule is CC(C)(C)c1c(C(=O)O)nn2cccnc12. The van der Waals surface area contributed by atoms with Gasteiger partial charge in [-0.1, -0.05) is 20.8 Å². The molecular weight excluding hydrogens is 206 g/mol. The van der Waals surface area contributed by atoms with Crippen molar-refractivity contribution >= 4 is 11.6 Å². The lowest BCUT2D eigenvalue weighted by atomic mass is 9.87. The van der Waals surface area contributed by atoms with Crippen LogP contribution in [0, 0.1) is 0 Å². The monoisotopic (exact) mass is 219 g/mol. The van der Waals surface area contributed by atoms with Gasteiger partial charge in [-0.15, -0.1) is 0 Å². The number of fused-ring (bicyclic) bond motifs is 1. The number of carboxylic acid groups (broad SMARTS) is 1. The Hall–Kier alpha value is -1.91. The minimum absolute atomic E-state index is 0.0752. The van der Waals surface area contributed by atoms with Crippen LogP contribution in [0.2, 0.25) is 0 Å². The maximum Gasteiger partial charge on any atom is 0.356 e. The third-order valence-electron chi connectivity index (χ3n) is 2.35. The lowest BCUT2D eigenvalue weighted by molar-refractivity contribution is 0.0687. The molecule has 0 saturated carbocycles. The molecule has 0 aliphatic carbocycles. The predicted molar refractivity (Wildman–Crippen MR) is 58.6 cm³/mol. The summed E-state index contributed by atoms with van der Waals surface area (Å²) in [7, 11) is 0. The molecule has 2 aromatic heterocycles. The first-order valence-electron chi connectivity index (χ1n) is 4.98. The van der Waals surface area contributed by atoms with Crippen LogP contribution in [-0.2, 0) is 5.41 Å². The highest BCUT2D eigenvalue weighted by Gasteiger charge is 2.28. The van der Waals surface area contributed by atoms with Gasteiger partial charge in [-0.05, 0) is 11.5 Å². The molecule has 5 heteroatoms. The van der Waals surface area contributed by atoms with Gasteiger partial charge in [0.05, 0.1) is 0 Å². The summed E-state index contributed by atoms with van der Waals surface area (Å²) in [5.41, 5.74) is 1.04. The van der Waals surface area contributed by atoms with E-state index in [1.165, 1.54) is 4.52 Å². The Bertz CT molecular complexity index is 552. The average Bonchev–Trinajstić information content (AvgIpc) is 2.55. The lowest BCUT2D eigenvalue weighted by Gasteiger charge is -2.17. The number of hydrogen-bond acceptors (Lipinski definition) is 3. The van der Waals surface area contributed by atoms with Crippen molar-refractivity contribution in [1.29, 1.82) is 0 Å². The Labute approximate surface area is 92.7 Å². The molecule has 0 amide bonds. The molecule has 2 aromatic rings. The fourth-order valence-electron chi connectivity index (χ4n) is 1.73. The van der Waals surface area contributed by atoms with Gasteiger partial charge in [-0.25, -0.2) is 14.3 Å². The van der Waals surface area contributed by atoms with Gasteiger partial charge in [0.1, 0.15) is 0 Å². The number of hydrogen-bond donors (Lipinski definition) is 1. The Balaban J connectivity index is 2.85. The van der Waals surface area contributed by atoms with Crippen LogP contribution in [0.25, 0.3) is 5.65 Å². The van der Waals surface area contributed by atoms with Gasteiger partial charge in [0.2, 0.25) is 0 Å². The number of nitrogens with zero attached hydrogens (tertiary/aromatic N) is 3. The van der Waals surface area contributed by atoms with Crippen molar-refractivity contribution in [2.75, 3.05) is 0 Å². The fraction of sp³-hybridized carbons (Fsp3) is 0.364. The molecule has 0 aromatic carbocycles. The maximum absolute atomic E-state index is 11.1. The highest BCUT2D eigenvalue weighted by Crippen LogP contribution is 2.28. The van der Waals surface area contributed by atoms with Crippen LogP contribution in [-0.4, -0.2) is 25.7 Å². The number of aromatic carboxylic acids is 1. The standard InChI is InChI=1S/C11H13N3O2/c1-11(2,3)7-8(10(15)16)13-14-6-4-5-12-9(7)14/h4-6H,1-3H3,(H,15,16). The number of rotatable bonds is 1.